The van der Waals surface area contributed by atoms with E-state index in [4.69, 9.17) is 25.8 Å². The van der Waals surface area contributed by atoms with Gasteiger partial charge in [0.1, 0.15) is 6.10 Å². The van der Waals surface area contributed by atoms with E-state index in [0.717, 1.165) is 30.6 Å². The molecule has 0 N–H and O–H groups in total. The summed E-state index contributed by atoms with van der Waals surface area (Å²) in [7, 11) is 0. The molecule has 1 aromatic rings. The molecule has 0 bridgehead atoms. The average molecular weight is 339 g/mol. The van der Waals surface area contributed by atoms with Crippen LogP contribution in [0.5, 0.6) is 0 Å². The van der Waals surface area contributed by atoms with Gasteiger partial charge in [0.15, 0.2) is 0 Å². The maximum absolute atomic E-state index is 11.5. The minimum absolute atomic E-state index is 0.0386. The third-order valence-electron chi connectivity index (χ3n) is 3.52. The molecule has 0 aliphatic carbocycles. The molecule has 1 heterocycles. The molecule has 4 nitrogen and oxygen atoms in total. The molecule has 1 fully saturated rings. The van der Waals surface area contributed by atoms with Gasteiger partial charge in [0.05, 0.1) is 25.9 Å². The quantitative estimate of drug-likeness (QED) is 0.385. The monoisotopic (exact) mass is 338 g/mol. The Kier molecular flexibility index (Phi) is 7.09. The summed E-state index contributed by atoms with van der Waals surface area (Å²) < 4.78 is 16.1. The van der Waals surface area contributed by atoms with Crippen molar-refractivity contribution in [1.82, 2.24) is 0 Å². The van der Waals surface area contributed by atoms with E-state index in [9.17, 15) is 4.79 Å². The highest BCUT2D eigenvalue weighted by molar-refractivity contribution is 6.30. The summed E-state index contributed by atoms with van der Waals surface area (Å²) in [6.07, 6.45) is 5.24. The van der Waals surface area contributed by atoms with Crippen LogP contribution in [0.25, 0.3) is 6.08 Å². The zero-order valence-corrected chi connectivity index (χ0v) is 14.3. The lowest BCUT2D eigenvalue weighted by atomic mass is 9.98. The molecule has 0 saturated carbocycles. The van der Waals surface area contributed by atoms with Crippen LogP contribution in [0.2, 0.25) is 5.02 Å². The molecule has 0 aromatic heterocycles. The van der Waals surface area contributed by atoms with Gasteiger partial charge in [0.25, 0.3) is 0 Å². The van der Waals surface area contributed by atoms with Gasteiger partial charge in [-0.15, -0.1) is 0 Å². The van der Waals surface area contributed by atoms with Gasteiger partial charge in [0.2, 0.25) is 0 Å². The van der Waals surface area contributed by atoms with Gasteiger partial charge in [0, 0.05) is 11.1 Å². The van der Waals surface area contributed by atoms with Gasteiger partial charge < -0.3 is 14.2 Å². The summed E-state index contributed by atoms with van der Waals surface area (Å²) in [6, 6.07) is 5.64. The summed E-state index contributed by atoms with van der Waals surface area (Å²) in [5.74, 6) is -0.363. The van der Waals surface area contributed by atoms with Gasteiger partial charge in [-0.05, 0) is 42.7 Å². The molecule has 1 aliphatic rings. The molecule has 0 radical (unpaired) electrons. The second kappa shape index (κ2) is 9.06. The molecule has 2 atom stereocenters. The zero-order chi connectivity index (χ0) is 16.7. The molecule has 23 heavy (non-hydrogen) atoms. The van der Waals surface area contributed by atoms with Crippen molar-refractivity contribution in [3.8, 4) is 0 Å². The number of hydrogen-bond donors (Lipinski definition) is 0. The molecule has 126 valence electrons. The smallest absolute Gasteiger partial charge is 0.330 e. The van der Waals surface area contributed by atoms with E-state index in [1.807, 2.05) is 18.2 Å². The van der Waals surface area contributed by atoms with Gasteiger partial charge in [-0.3, -0.25) is 0 Å². The summed E-state index contributed by atoms with van der Waals surface area (Å²) in [5.41, 5.74) is 1.90. The number of benzene rings is 1. The predicted molar refractivity (Wildman–Crippen MR) is 90.5 cm³/mol. The summed E-state index contributed by atoms with van der Waals surface area (Å²) in [5, 5.41) is 0.623. The highest BCUT2D eigenvalue weighted by atomic mass is 35.5. The van der Waals surface area contributed by atoms with E-state index < -0.39 is 0 Å². The van der Waals surface area contributed by atoms with Crippen LogP contribution in [0.4, 0.5) is 0 Å². The van der Waals surface area contributed by atoms with Crippen molar-refractivity contribution in [3.05, 3.63) is 40.4 Å². The van der Waals surface area contributed by atoms with Crippen molar-refractivity contribution in [1.29, 1.82) is 0 Å². The Morgan fingerprint density at radius 3 is 2.91 bits per heavy atom. The van der Waals surface area contributed by atoms with Crippen molar-refractivity contribution < 1.29 is 19.0 Å². The van der Waals surface area contributed by atoms with Crippen molar-refractivity contribution in [2.45, 2.75) is 38.9 Å². The number of halogens is 1. The van der Waals surface area contributed by atoms with Crippen LogP contribution < -0.4 is 0 Å². The Balaban J connectivity index is 2.17. The second-order valence-corrected chi connectivity index (χ2v) is 5.86. The fourth-order valence-electron chi connectivity index (χ4n) is 2.31. The first-order chi connectivity index (χ1) is 11.1. The van der Waals surface area contributed by atoms with Crippen molar-refractivity contribution in [3.63, 3.8) is 0 Å². The van der Waals surface area contributed by atoms with Crippen molar-refractivity contribution >= 4 is 23.6 Å². The SMILES string of the molecule is CCC[C@@H](OC[C@H]1CO1)c1ccc(Cl)cc1/C=C/C(=O)OCC. The van der Waals surface area contributed by atoms with Crippen molar-refractivity contribution in [2.75, 3.05) is 19.8 Å². The minimum Gasteiger partial charge on any atom is -0.463 e. The Bertz CT molecular complexity index is 552. The van der Waals surface area contributed by atoms with E-state index in [0.29, 0.717) is 18.2 Å². The Morgan fingerprint density at radius 1 is 1.48 bits per heavy atom. The summed E-state index contributed by atoms with van der Waals surface area (Å²) in [6.45, 7) is 5.62. The molecule has 2 rings (SSSR count). The molecule has 1 aromatic carbocycles. The summed E-state index contributed by atoms with van der Waals surface area (Å²) in [4.78, 5) is 11.5. The number of carbonyl (C=O) groups is 1. The molecule has 5 heteroatoms. The van der Waals surface area contributed by atoms with Crippen LogP contribution in [-0.2, 0) is 19.0 Å². The van der Waals surface area contributed by atoms with Crippen LogP contribution in [0.1, 0.15) is 43.9 Å². The highest BCUT2D eigenvalue weighted by Gasteiger charge is 2.25. The highest BCUT2D eigenvalue weighted by Crippen LogP contribution is 2.30. The fraction of sp³-hybridized carbons (Fsp3) is 0.500. The van der Waals surface area contributed by atoms with Crippen LogP contribution in [-0.4, -0.2) is 31.9 Å². The van der Waals surface area contributed by atoms with E-state index in [-0.39, 0.29) is 18.2 Å². The fourth-order valence-corrected chi connectivity index (χ4v) is 2.49. The molecule has 1 aliphatic heterocycles. The Morgan fingerprint density at radius 2 is 2.26 bits per heavy atom. The van der Waals surface area contributed by atoms with Gasteiger partial charge >= 0.3 is 5.97 Å². The normalized spacial score (nSPS) is 18.1. The molecule has 0 spiro atoms. The topological polar surface area (TPSA) is 48.1 Å². The maximum atomic E-state index is 11.5. The lowest BCUT2D eigenvalue weighted by Crippen LogP contribution is -2.10. The number of hydrogen-bond acceptors (Lipinski definition) is 4. The Labute approximate surface area is 142 Å². The van der Waals surface area contributed by atoms with E-state index >= 15 is 0 Å². The van der Waals surface area contributed by atoms with Gasteiger partial charge in [-0.2, -0.15) is 0 Å². The number of esters is 1. The minimum atomic E-state index is -0.363. The van der Waals surface area contributed by atoms with Crippen LogP contribution in [0.3, 0.4) is 0 Å². The Hall–Kier alpha value is -1.36. The van der Waals surface area contributed by atoms with E-state index in [2.05, 4.69) is 6.92 Å². The van der Waals surface area contributed by atoms with Gasteiger partial charge in [-0.1, -0.05) is 31.0 Å². The van der Waals surface area contributed by atoms with Crippen molar-refractivity contribution in [2.24, 2.45) is 0 Å². The summed E-state index contributed by atoms with van der Waals surface area (Å²) >= 11 is 6.10. The van der Waals surface area contributed by atoms with Gasteiger partial charge in [-0.25, -0.2) is 4.79 Å². The van der Waals surface area contributed by atoms with E-state index in [1.165, 1.54) is 6.08 Å². The third-order valence-corrected chi connectivity index (χ3v) is 3.75. The standard InChI is InChI=1S/C18H23ClO4/c1-3-5-17(23-12-15-11-22-15)16-8-7-14(19)10-13(16)6-9-18(20)21-4-2/h6-10,15,17H,3-5,11-12H2,1-2H3/b9-6+/t15-,17-/m1/s1. The molecular weight excluding hydrogens is 316 g/mol. The van der Waals surface area contributed by atoms with E-state index in [1.54, 1.807) is 13.0 Å². The molecule has 1 saturated heterocycles. The number of rotatable bonds is 9. The first-order valence-corrected chi connectivity index (χ1v) is 8.39. The molecule has 0 amide bonds. The number of ether oxygens (including phenoxy) is 3. The zero-order valence-electron chi connectivity index (χ0n) is 13.6. The largest absolute Gasteiger partial charge is 0.463 e. The second-order valence-electron chi connectivity index (χ2n) is 5.42. The maximum Gasteiger partial charge on any atom is 0.330 e. The lowest BCUT2D eigenvalue weighted by molar-refractivity contribution is -0.137. The number of carbonyl (C=O) groups excluding carboxylic acids is 1. The average Bonchev–Trinajstić information content (AvgIpc) is 3.34. The third kappa shape index (κ3) is 5.98. The molecule has 0 unspecified atom stereocenters. The first kappa shape index (κ1) is 18.0. The van der Waals surface area contributed by atoms with Crippen LogP contribution in [0.15, 0.2) is 24.3 Å². The van der Waals surface area contributed by atoms with Crippen LogP contribution in [0, 0.1) is 0 Å². The number of epoxide rings is 1. The lowest BCUT2D eigenvalue weighted by Gasteiger charge is -2.19. The first-order valence-electron chi connectivity index (χ1n) is 8.01. The van der Waals surface area contributed by atoms with Crippen LogP contribution >= 0.6 is 11.6 Å². The molecular formula is C18H23ClO4. The predicted octanol–water partition coefficient (Wildman–Crippen LogP) is 4.17.